The highest BCUT2D eigenvalue weighted by molar-refractivity contribution is 7.99. The molecule has 0 bridgehead atoms. The molecule has 1 heterocycles. The number of aromatic nitrogens is 3. The predicted octanol–water partition coefficient (Wildman–Crippen LogP) is 2.89. The van der Waals surface area contributed by atoms with Gasteiger partial charge in [-0.3, -0.25) is 5.10 Å². The number of H-pyrrole nitrogens is 1. The van der Waals surface area contributed by atoms with E-state index in [-0.39, 0.29) is 6.04 Å². The molecule has 0 aliphatic rings. The van der Waals surface area contributed by atoms with Crippen molar-refractivity contribution in [1.29, 1.82) is 0 Å². The van der Waals surface area contributed by atoms with Crippen LogP contribution in [0.4, 0.5) is 0 Å². The first kappa shape index (κ1) is 12.4. The molecule has 0 amide bonds. The first-order valence-corrected chi connectivity index (χ1v) is 6.40. The molecule has 0 spiro atoms. The normalized spacial score (nSPS) is 12.6. The third-order valence-corrected chi connectivity index (χ3v) is 3.69. The van der Waals surface area contributed by atoms with Crippen molar-refractivity contribution in [3.8, 4) is 0 Å². The van der Waals surface area contributed by atoms with Crippen LogP contribution in [-0.2, 0) is 0 Å². The molecule has 1 aromatic carbocycles. The SMILES string of the molecule is CNC(C)c1ccc(Sc2ncn[nH]2)cc1Cl. The fourth-order valence-electron chi connectivity index (χ4n) is 1.43. The van der Waals surface area contributed by atoms with E-state index in [1.54, 1.807) is 0 Å². The molecule has 1 atom stereocenters. The Morgan fingerprint density at radius 1 is 1.47 bits per heavy atom. The Balaban J connectivity index is 2.19. The highest BCUT2D eigenvalue weighted by atomic mass is 35.5. The highest BCUT2D eigenvalue weighted by Gasteiger charge is 2.09. The van der Waals surface area contributed by atoms with Crippen molar-refractivity contribution in [3.05, 3.63) is 35.1 Å². The molecule has 90 valence electrons. The van der Waals surface area contributed by atoms with Crippen LogP contribution in [0, 0.1) is 0 Å². The molecule has 0 aliphatic heterocycles. The van der Waals surface area contributed by atoms with Gasteiger partial charge >= 0.3 is 0 Å². The second-order valence-electron chi connectivity index (χ2n) is 3.59. The lowest BCUT2D eigenvalue weighted by Gasteiger charge is -2.13. The molecule has 2 rings (SSSR count). The lowest BCUT2D eigenvalue weighted by Crippen LogP contribution is -2.12. The number of hydrogen-bond donors (Lipinski definition) is 2. The van der Waals surface area contributed by atoms with Crippen LogP contribution in [0.5, 0.6) is 0 Å². The lowest BCUT2D eigenvalue weighted by molar-refractivity contribution is 0.652. The summed E-state index contributed by atoms with van der Waals surface area (Å²) in [4.78, 5) is 5.10. The van der Waals surface area contributed by atoms with Crippen LogP contribution < -0.4 is 5.32 Å². The van der Waals surface area contributed by atoms with Crippen molar-refractivity contribution in [3.63, 3.8) is 0 Å². The summed E-state index contributed by atoms with van der Waals surface area (Å²) in [6.45, 7) is 2.07. The Kier molecular flexibility index (Phi) is 4.04. The molecule has 2 N–H and O–H groups in total. The van der Waals surface area contributed by atoms with Gasteiger partial charge in [0.25, 0.3) is 0 Å². The summed E-state index contributed by atoms with van der Waals surface area (Å²) in [5.41, 5.74) is 1.09. The summed E-state index contributed by atoms with van der Waals surface area (Å²) in [5.74, 6) is 0. The second kappa shape index (κ2) is 5.53. The van der Waals surface area contributed by atoms with Crippen LogP contribution in [0.1, 0.15) is 18.5 Å². The van der Waals surface area contributed by atoms with E-state index >= 15 is 0 Å². The number of benzene rings is 1. The van der Waals surface area contributed by atoms with E-state index < -0.39 is 0 Å². The van der Waals surface area contributed by atoms with Crippen molar-refractivity contribution in [2.24, 2.45) is 0 Å². The van der Waals surface area contributed by atoms with E-state index in [1.807, 2.05) is 25.2 Å². The Labute approximate surface area is 109 Å². The van der Waals surface area contributed by atoms with Gasteiger partial charge in [-0.2, -0.15) is 5.10 Å². The maximum atomic E-state index is 6.24. The summed E-state index contributed by atoms with van der Waals surface area (Å²) in [6.07, 6.45) is 1.49. The lowest BCUT2D eigenvalue weighted by atomic mass is 10.1. The van der Waals surface area contributed by atoms with E-state index in [9.17, 15) is 0 Å². The third-order valence-electron chi connectivity index (χ3n) is 2.48. The molecule has 1 unspecified atom stereocenters. The minimum atomic E-state index is 0.242. The van der Waals surface area contributed by atoms with Crippen LogP contribution in [0.2, 0.25) is 5.02 Å². The van der Waals surface area contributed by atoms with Gasteiger partial charge in [-0.15, -0.1) is 0 Å². The van der Waals surface area contributed by atoms with Crippen molar-refractivity contribution in [1.82, 2.24) is 20.5 Å². The Bertz CT molecular complexity index is 486. The molecule has 17 heavy (non-hydrogen) atoms. The van der Waals surface area contributed by atoms with Gasteiger partial charge in [-0.25, -0.2) is 4.98 Å². The predicted molar refractivity (Wildman–Crippen MR) is 69.4 cm³/mol. The zero-order chi connectivity index (χ0) is 12.3. The van der Waals surface area contributed by atoms with Crippen molar-refractivity contribution < 1.29 is 0 Å². The average Bonchev–Trinajstić information content (AvgIpc) is 2.81. The van der Waals surface area contributed by atoms with Crippen LogP contribution >= 0.6 is 23.4 Å². The summed E-state index contributed by atoms with van der Waals surface area (Å²) < 4.78 is 0. The molecule has 4 nitrogen and oxygen atoms in total. The van der Waals surface area contributed by atoms with Crippen LogP contribution in [0.15, 0.2) is 34.6 Å². The van der Waals surface area contributed by atoms with Gasteiger partial charge in [-0.05, 0) is 31.7 Å². The van der Waals surface area contributed by atoms with Crippen molar-refractivity contribution in [2.45, 2.75) is 23.0 Å². The number of nitrogens with zero attached hydrogens (tertiary/aromatic N) is 2. The van der Waals surface area contributed by atoms with Gasteiger partial charge in [0.2, 0.25) is 0 Å². The molecule has 0 aliphatic carbocycles. The van der Waals surface area contributed by atoms with E-state index in [2.05, 4.69) is 27.4 Å². The first-order valence-electron chi connectivity index (χ1n) is 5.20. The fraction of sp³-hybridized carbons (Fsp3) is 0.273. The zero-order valence-corrected chi connectivity index (χ0v) is 11.1. The Morgan fingerprint density at radius 2 is 2.29 bits per heavy atom. The van der Waals surface area contributed by atoms with Gasteiger partial charge in [0.1, 0.15) is 6.33 Å². The summed E-state index contributed by atoms with van der Waals surface area (Å²) in [7, 11) is 1.91. The van der Waals surface area contributed by atoms with Gasteiger partial charge in [0, 0.05) is 16.0 Å². The largest absolute Gasteiger partial charge is 0.313 e. The molecule has 0 radical (unpaired) electrons. The molecule has 0 fully saturated rings. The van der Waals surface area contributed by atoms with Crippen molar-refractivity contribution in [2.75, 3.05) is 7.05 Å². The summed E-state index contributed by atoms with van der Waals surface area (Å²) in [6, 6.07) is 6.24. The topological polar surface area (TPSA) is 53.6 Å². The summed E-state index contributed by atoms with van der Waals surface area (Å²) >= 11 is 7.75. The number of halogens is 1. The molecule has 2 aromatic rings. The minimum Gasteiger partial charge on any atom is -0.313 e. The molecule has 1 aromatic heterocycles. The maximum Gasteiger partial charge on any atom is 0.188 e. The third kappa shape index (κ3) is 3.00. The van der Waals surface area contributed by atoms with Crippen LogP contribution in [0.25, 0.3) is 0 Å². The van der Waals surface area contributed by atoms with Gasteiger partial charge < -0.3 is 5.32 Å². The molecular weight excluding hydrogens is 256 g/mol. The number of hydrogen-bond acceptors (Lipinski definition) is 4. The minimum absolute atomic E-state index is 0.242. The number of rotatable bonds is 4. The number of nitrogens with one attached hydrogen (secondary N) is 2. The van der Waals surface area contributed by atoms with Gasteiger partial charge in [0.15, 0.2) is 5.16 Å². The molecule has 0 saturated carbocycles. The van der Waals surface area contributed by atoms with Gasteiger partial charge in [0.05, 0.1) is 0 Å². The van der Waals surface area contributed by atoms with E-state index in [4.69, 9.17) is 11.6 Å². The average molecular weight is 269 g/mol. The van der Waals surface area contributed by atoms with Crippen LogP contribution in [-0.4, -0.2) is 22.2 Å². The Morgan fingerprint density at radius 3 is 2.88 bits per heavy atom. The summed E-state index contributed by atoms with van der Waals surface area (Å²) in [5, 5.41) is 11.3. The monoisotopic (exact) mass is 268 g/mol. The van der Waals surface area contributed by atoms with Crippen molar-refractivity contribution >= 4 is 23.4 Å². The first-order chi connectivity index (χ1) is 8.20. The highest BCUT2D eigenvalue weighted by Crippen LogP contribution is 2.30. The molecule has 6 heteroatoms. The molecule has 0 saturated heterocycles. The van der Waals surface area contributed by atoms with Gasteiger partial charge in [-0.1, -0.05) is 29.4 Å². The molecular formula is C11H13ClN4S. The fourth-order valence-corrected chi connectivity index (χ4v) is 2.58. The van der Waals surface area contributed by atoms with E-state index in [1.165, 1.54) is 18.1 Å². The van der Waals surface area contributed by atoms with E-state index in [0.29, 0.717) is 0 Å². The smallest absolute Gasteiger partial charge is 0.188 e. The van der Waals surface area contributed by atoms with E-state index in [0.717, 1.165) is 20.6 Å². The van der Waals surface area contributed by atoms with Crippen LogP contribution in [0.3, 0.4) is 0 Å². The number of aromatic amines is 1. The Hall–Kier alpha value is -1.04. The standard InChI is InChI=1S/C11H13ClN4S/c1-7(13-2)9-4-3-8(5-10(9)12)17-11-14-6-15-16-11/h3-7,13H,1-2H3,(H,14,15,16). The maximum absolute atomic E-state index is 6.24. The second-order valence-corrected chi connectivity index (χ2v) is 5.06. The quantitative estimate of drug-likeness (QED) is 0.895. The zero-order valence-electron chi connectivity index (χ0n) is 9.57.